The number of hydrogen-bond acceptors (Lipinski definition) is 6. The van der Waals surface area contributed by atoms with Gasteiger partial charge in [-0.2, -0.15) is 0 Å². The molecule has 0 unspecified atom stereocenters. The van der Waals surface area contributed by atoms with Crippen LogP contribution in [0.2, 0.25) is 5.02 Å². The smallest absolute Gasteiger partial charge is 0.270 e. The van der Waals surface area contributed by atoms with E-state index in [1.54, 1.807) is 18.2 Å². The quantitative estimate of drug-likeness (QED) is 0.260. The summed E-state index contributed by atoms with van der Waals surface area (Å²) in [4.78, 5) is 27.5. The van der Waals surface area contributed by atoms with E-state index in [1.165, 1.54) is 23.8 Å². The highest BCUT2D eigenvalue weighted by Gasteiger charge is 2.33. The molecule has 0 radical (unpaired) electrons. The van der Waals surface area contributed by atoms with Gasteiger partial charge in [-0.15, -0.1) is 0 Å². The molecule has 1 saturated heterocycles. The molecule has 4 rings (SSSR count). The highest BCUT2D eigenvalue weighted by molar-refractivity contribution is 8.27. The van der Waals surface area contributed by atoms with Gasteiger partial charge in [0.2, 0.25) is 0 Å². The lowest BCUT2D eigenvalue weighted by Gasteiger charge is -2.15. The molecule has 1 aliphatic heterocycles. The van der Waals surface area contributed by atoms with Crippen molar-refractivity contribution in [2.45, 2.75) is 20.8 Å². The number of anilines is 2. The number of thioether (sulfide) groups is 1. The van der Waals surface area contributed by atoms with E-state index in [1.807, 2.05) is 63.2 Å². The maximum atomic E-state index is 13.1. The summed E-state index contributed by atoms with van der Waals surface area (Å²) in [7, 11) is 1.48. The van der Waals surface area contributed by atoms with E-state index in [4.69, 9.17) is 33.3 Å². The van der Waals surface area contributed by atoms with Crippen molar-refractivity contribution in [2.24, 2.45) is 0 Å². The standard InChI is InChI=1S/C28H25ClN2O4S2/c1-16-5-8-20(9-6-16)31-27(33)24(37-28(31)36)14-19-12-21(29)26(23(13-19)34-4)35-15-25(32)30-22-10-7-17(2)11-18(22)3/h5-14H,15H2,1-4H3,(H,30,32)/b24-14-. The number of hydrogen-bond donors (Lipinski definition) is 1. The average Bonchev–Trinajstić information content (AvgIpc) is 3.13. The second kappa shape index (κ2) is 11.4. The topological polar surface area (TPSA) is 67.9 Å². The third-order valence-electron chi connectivity index (χ3n) is 5.64. The van der Waals surface area contributed by atoms with Crippen molar-refractivity contribution in [1.82, 2.24) is 0 Å². The number of carbonyl (C=O) groups is 2. The van der Waals surface area contributed by atoms with E-state index < -0.39 is 0 Å². The Morgan fingerprint density at radius 1 is 1.08 bits per heavy atom. The summed E-state index contributed by atoms with van der Waals surface area (Å²) in [6, 6.07) is 16.7. The van der Waals surface area contributed by atoms with Crippen LogP contribution in [0.15, 0.2) is 59.5 Å². The Kier molecular flexibility index (Phi) is 8.22. The van der Waals surface area contributed by atoms with E-state index in [0.29, 0.717) is 20.5 Å². The Morgan fingerprint density at radius 2 is 1.78 bits per heavy atom. The minimum Gasteiger partial charge on any atom is -0.493 e. The van der Waals surface area contributed by atoms with Gasteiger partial charge in [-0.3, -0.25) is 14.5 Å². The lowest BCUT2D eigenvalue weighted by molar-refractivity contribution is -0.118. The highest BCUT2D eigenvalue weighted by Crippen LogP contribution is 2.40. The van der Waals surface area contributed by atoms with Crippen molar-refractivity contribution in [3.63, 3.8) is 0 Å². The summed E-state index contributed by atoms with van der Waals surface area (Å²) in [6.45, 7) is 5.65. The Balaban J connectivity index is 1.49. The minimum absolute atomic E-state index is 0.211. The molecule has 1 aliphatic rings. The van der Waals surface area contributed by atoms with Crippen LogP contribution in [0.4, 0.5) is 11.4 Å². The average molecular weight is 553 g/mol. The molecule has 9 heteroatoms. The fourth-order valence-electron chi connectivity index (χ4n) is 3.78. The molecular weight excluding hydrogens is 528 g/mol. The third kappa shape index (κ3) is 6.15. The number of aryl methyl sites for hydroxylation is 3. The van der Waals surface area contributed by atoms with E-state index >= 15 is 0 Å². The molecular formula is C28H25ClN2O4S2. The number of amides is 2. The van der Waals surface area contributed by atoms with Crippen molar-refractivity contribution < 1.29 is 19.1 Å². The van der Waals surface area contributed by atoms with Crippen LogP contribution in [0.1, 0.15) is 22.3 Å². The number of nitrogens with zero attached hydrogens (tertiary/aromatic N) is 1. The Bertz CT molecular complexity index is 1420. The Labute approximate surface area is 230 Å². The van der Waals surface area contributed by atoms with Gasteiger partial charge in [0.15, 0.2) is 22.4 Å². The van der Waals surface area contributed by atoms with Gasteiger partial charge in [-0.05, 0) is 68.3 Å². The van der Waals surface area contributed by atoms with Crippen molar-refractivity contribution in [1.29, 1.82) is 0 Å². The lowest BCUT2D eigenvalue weighted by Crippen LogP contribution is -2.27. The number of thiocarbonyl (C=S) groups is 1. The first-order valence-corrected chi connectivity index (χ1v) is 13.0. The number of halogens is 1. The molecule has 0 atom stereocenters. The van der Waals surface area contributed by atoms with E-state index in [0.717, 1.165) is 28.1 Å². The number of nitrogens with one attached hydrogen (secondary N) is 1. The van der Waals surface area contributed by atoms with Crippen LogP contribution in [0.25, 0.3) is 6.08 Å². The van der Waals surface area contributed by atoms with Crippen molar-refractivity contribution >= 4 is 69.2 Å². The van der Waals surface area contributed by atoms with Crippen LogP contribution in [0, 0.1) is 20.8 Å². The molecule has 0 aromatic heterocycles. The summed E-state index contributed by atoms with van der Waals surface area (Å²) >= 11 is 13.2. The molecule has 190 valence electrons. The summed E-state index contributed by atoms with van der Waals surface area (Å²) in [5.41, 5.74) is 5.24. The van der Waals surface area contributed by atoms with E-state index in [2.05, 4.69) is 5.32 Å². The first-order chi connectivity index (χ1) is 17.7. The fraction of sp³-hybridized carbons (Fsp3) is 0.179. The van der Waals surface area contributed by atoms with Gasteiger partial charge in [0.1, 0.15) is 0 Å². The van der Waals surface area contributed by atoms with Crippen molar-refractivity contribution in [2.75, 3.05) is 23.9 Å². The Morgan fingerprint density at radius 3 is 2.46 bits per heavy atom. The summed E-state index contributed by atoms with van der Waals surface area (Å²) in [5, 5.41) is 3.09. The molecule has 3 aromatic carbocycles. The largest absolute Gasteiger partial charge is 0.493 e. The summed E-state index contributed by atoms with van der Waals surface area (Å²) in [5.74, 6) is 0.0441. The van der Waals surface area contributed by atoms with Gasteiger partial charge in [0.25, 0.3) is 11.8 Å². The van der Waals surface area contributed by atoms with Crippen LogP contribution in [-0.4, -0.2) is 29.9 Å². The zero-order valence-corrected chi connectivity index (χ0v) is 23.1. The van der Waals surface area contributed by atoms with Crippen LogP contribution in [-0.2, 0) is 9.59 Å². The van der Waals surface area contributed by atoms with E-state index in [9.17, 15) is 9.59 Å². The molecule has 1 fully saturated rings. The lowest BCUT2D eigenvalue weighted by atomic mass is 10.1. The van der Waals surface area contributed by atoms with Gasteiger partial charge >= 0.3 is 0 Å². The Hall–Kier alpha value is -3.33. The maximum absolute atomic E-state index is 13.1. The summed E-state index contributed by atoms with van der Waals surface area (Å²) in [6.07, 6.45) is 1.71. The van der Waals surface area contributed by atoms with E-state index in [-0.39, 0.29) is 29.2 Å². The number of benzene rings is 3. The SMILES string of the molecule is COc1cc(/C=C2\SC(=S)N(c3ccc(C)cc3)C2=O)cc(Cl)c1OCC(=O)Nc1ccc(C)cc1C. The molecule has 0 bridgehead atoms. The second-order valence-electron chi connectivity index (χ2n) is 8.54. The first kappa shape index (κ1) is 26.7. The zero-order valence-electron chi connectivity index (χ0n) is 20.8. The van der Waals surface area contributed by atoms with Gasteiger partial charge in [-0.25, -0.2) is 0 Å². The summed E-state index contributed by atoms with van der Waals surface area (Å²) < 4.78 is 11.6. The number of ether oxygens (including phenoxy) is 2. The van der Waals surface area contributed by atoms with Crippen molar-refractivity contribution in [3.05, 3.63) is 86.8 Å². The fourth-order valence-corrected chi connectivity index (χ4v) is 5.35. The molecule has 37 heavy (non-hydrogen) atoms. The molecule has 3 aromatic rings. The molecule has 0 spiro atoms. The highest BCUT2D eigenvalue weighted by atomic mass is 35.5. The van der Waals surface area contributed by atoms with Crippen molar-refractivity contribution in [3.8, 4) is 11.5 Å². The van der Waals surface area contributed by atoms with Gasteiger partial charge < -0.3 is 14.8 Å². The minimum atomic E-state index is -0.325. The molecule has 1 heterocycles. The van der Waals surface area contributed by atoms with Gasteiger partial charge in [0, 0.05) is 5.69 Å². The van der Waals surface area contributed by atoms with Gasteiger partial charge in [-0.1, -0.05) is 71.0 Å². The van der Waals surface area contributed by atoms with Gasteiger partial charge in [0.05, 0.1) is 22.7 Å². The monoisotopic (exact) mass is 552 g/mol. The maximum Gasteiger partial charge on any atom is 0.270 e. The van der Waals surface area contributed by atoms with Crippen LogP contribution < -0.4 is 19.7 Å². The first-order valence-electron chi connectivity index (χ1n) is 11.4. The molecule has 0 aliphatic carbocycles. The molecule has 2 amide bonds. The number of carbonyl (C=O) groups excluding carboxylic acids is 2. The zero-order chi connectivity index (χ0) is 26.7. The number of methoxy groups -OCH3 is 1. The normalized spacial score (nSPS) is 14.3. The molecule has 1 N–H and O–H groups in total. The number of rotatable bonds is 7. The third-order valence-corrected chi connectivity index (χ3v) is 7.22. The predicted octanol–water partition coefficient (Wildman–Crippen LogP) is 6.70. The van der Waals surface area contributed by atoms with Crippen LogP contribution in [0.3, 0.4) is 0 Å². The molecule has 6 nitrogen and oxygen atoms in total. The van der Waals surface area contributed by atoms with Crippen LogP contribution >= 0.6 is 35.6 Å². The second-order valence-corrected chi connectivity index (χ2v) is 10.6. The predicted molar refractivity (Wildman–Crippen MR) is 155 cm³/mol. The molecule has 0 saturated carbocycles. The van der Waals surface area contributed by atoms with Crippen LogP contribution in [0.5, 0.6) is 11.5 Å².